The van der Waals surface area contributed by atoms with Crippen LogP contribution in [0.4, 0.5) is 18.0 Å². The van der Waals surface area contributed by atoms with Crippen LogP contribution in [0, 0.1) is 0 Å². The van der Waals surface area contributed by atoms with Gasteiger partial charge in [0, 0.05) is 55.9 Å². The Labute approximate surface area is 440 Å². The van der Waals surface area contributed by atoms with Crippen LogP contribution in [-0.2, 0) is 57.6 Å². The van der Waals surface area contributed by atoms with E-state index in [-0.39, 0.29) is 57.5 Å². The minimum Gasteiger partial charge on any atom is -0.508 e. The van der Waals surface area contributed by atoms with Crippen LogP contribution in [-0.4, -0.2) is 136 Å². The van der Waals surface area contributed by atoms with Crippen LogP contribution in [0.5, 0.6) is 5.75 Å². The number of aromatic hydroxyl groups is 1. The average Bonchev–Trinajstić information content (AvgIpc) is 4.03. The number of carboxylic acids is 1. The summed E-state index contributed by atoms with van der Waals surface area (Å²) in [6, 6.07) is 22.7. The van der Waals surface area contributed by atoms with Crippen molar-refractivity contribution in [2.75, 3.05) is 26.2 Å². The quantitative estimate of drug-likeness (QED) is 0.0712. The number of nitrogens with two attached hydrogens (primary N) is 2. The minimum atomic E-state index is -5.08. The summed E-state index contributed by atoms with van der Waals surface area (Å²) in [5.41, 5.74) is 14.5. The maximum Gasteiger partial charge on any atom is 0.490 e. The third kappa shape index (κ3) is 16.5. The van der Waals surface area contributed by atoms with E-state index in [2.05, 4.69) is 36.9 Å². The molecule has 21 nitrogen and oxygen atoms in total. The molecule has 2 fully saturated rings. The lowest BCUT2D eigenvalue weighted by atomic mass is 9.99. The Bertz CT molecular complexity index is 2840. The maximum absolute atomic E-state index is 15.1. The third-order valence-corrected chi connectivity index (χ3v) is 12.7. The molecule has 0 bridgehead atoms. The summed E-state index contributed by atoms with van der Waals surface area (Å²) in [7, 11) is 0. The van der Waals surface area contributed by atoms with Crippen LogP contribution >= 0.6 is 0 Å². The van der Waals surface area contributed by atoms with Gasteiger partial charge >= 0.3 is 18.2 Å². The molecule has 1 aromatic heterocycles. The molecule has 0 spiro atoms. The highest BCUT2D eigenvalue weighted by atomic mass is 19.4. The van der Waals surface area contributed by atoms with Crippen molar-refractivity contribution in [2.24, 2.45) is 11.5 Å². The van der Waals surface area contributed by atoms with E-state index in [1.165, 1.54) is 17.0 Å². The summed E-state index contributed by atoms with van der Waals surface area (Å²) in [6.07, 6.45) is -4.53. The molecule has 0 saturated carbocycles. The molecule has 7 rings (SSSR count). The lowest BCUT2D eigenvalue weighted by Gasteiger charge is -2.32. The summed E-state index contributed by atoms with van der Waals surface area (Å²) >= 11 is 0. The van der Waals surface area contributed by atoms with Crippen molar-refractivity contribution in [3.05, 3.63) is 138 Å². The third-order valence-electron chi connectivity index (χ3n) is 12.7. The van der Waals surface area contributed by atoms with E-state index in [4.69, 9.17) is 26.1 Å². The molecular formula is C53H61F3N10O11. The molecule has 3 heterocycles. The second-order valence-electron chi connectivity index (χ2n) is 18.3. The first-order valence-electron chi connectivity index (χ1n) is 24.7. The highest BCUT2D eigenvalue weighted by molar-refractivity contribution is 5.99. The number of rotatable bonds is 14. The fraction of sp³-hybridized carbons (Fsp3) is 0.358. The maximum atomic E-state index is 15.1. The minimum absolute atomic E-state index is 0.0223. The van der Waals surface area contributed by atoms with E-state index < -0.39 is 96.0 Å². The summed E-state index contributed by atoms with van der Waals surface area (Å²) < 4.78 is 37.4. The Balaban J connectivity index is 0.00000128. The normalized spacial score (nSPS) is 21.6. The van der Waals surface area contributed by atoms with Gasteiger partial charge in [-0.05, 0) is 66.3 Å². The number of alkyl halides is 3. The molecular weight excluding hydrogens is 1010 g/mol. The topological polar surface area (TPSA) is 329 Å². The fourth-order valence-corrected chi connectivity index (χ4v) is 8.82. The molecule has 5 aromatic rings. The Kier molecular flexibility index (Phi) is 20.5. The number of amides is 7. The van der Waals surface area contributed by atoms with Gasteiger partial charge in [-0.2, -0.15) is 13.2 Å². The highest BCUT2D eigenvalue weighted by Gasteiger charge is 2.45. The van der Waals surface area contributed by atoms with Gasteiger partial charge in [0.05, 0.1) is 6.54 Å². The number of carbonyl (C=O) groups excluding carboxylic acids is 7. The van der Waals surface area contributed by atoms with E-state index in [1.807, 2.05) is 24.3 Å². The van der Waals surface area contributed by atoms with Gasteiger partial charge in [-0.3, -0.25) is 28.8 Å². The number of phenolic OH excluding ortho intramolecular Hbond substituents is 1. The van der Waals surface area contributed by atoms with E-state index in [9.17, 15) is 47.0 Å². The number of hydrogen-bond donors (Lipinski definition) is 11. The van der Waals surface area contributed by atoms with E-state index >= 15 is 4.79 Å². The first kappa shape index (κ1) is 57.8. The predicted molar refractivity (Wildman–Crippen MR) is 273 cm³/mol. The van der Waals surface area contributed by atoms with Gasteiger partial charge in [0.1, 0.15) is 48.1 Å². The van der Waals surface area contributed by atoms with Crippen molar-refractivity contribution in [2.45, 2.75) is 93.5 Å². The van der Waals surface area contributed by atoms with Crippen molar-refractivity contribution >= 4 is 58.4 Å². The number of carboxylic acid groups (broad SMARTS) is 1. The van der Waals surface area contributed by atoms with E-state index in [0.29, 0.717) is 41.6 Å². The Morgan fingerprint density at radius 2 is 1.22 bits per heavy atom. The molecule has 410 valence electrons. The second-order valence-corrected chi connectivity index (χ2v) is 18.3. The van der Waals surface area contributed by atoms with Crippen LogP contribution in [0.2, 0.25) is 0 Å². The van der Waals surface area contributed by atoms with Gasteiger partial charge in [-0.25, -0.2) is 9.59 Å². The number of nitrogens with zero attached hydrogens (tertiary/aromatic N) is 1. The number of carbonyl (C=O) groups is 8. The molecule has 77 heavy (non-hydrogen) atoms. The number of nitrogens with one attached hydrogen (secondary N) is 7. The Morgan fingerprint density at radius 3 is 1.87 bits per heavy atom. The number of unbranched alkanes of at least 4 members (excludes halogenated alkanes) is 1. The predicted octanol–water partition coefficient (Wildman–Crippen LogP) is 2.13. The molecule has 4 aromatic carbocycles. The first-order valence-corrected chi connectivity index (χ1v) is 24.7. The number of benzene rings is 4. The number of para-hydroxylation sites is 1. The largest absolute Gasteiger partial charge is 0.508 e. The number of aliphatic carboxylic acids is 1. The summed E-state index contributed by atoms with van der Waals surface area (Å²) in [6.45, 7) is 0.282. The van der Waals surface area contributed by atoms with Gasteiger partial charge in [0.25, 0.3) is 0 Å². The van der Waals surface area contributed by atoms with Crippen LogP contribution < -0.4 is 43.4 Å². The zero-order valence-corrected chi connectivity index (χ0v) is 41.6. The van der Waals surface area contributed by atoms with Gasteiger partial charge in [-0.15, -0.1) is 0 Å². The van der Waals surface area contributed by atoms with E-state index in [0.717, 1.165) is 10.9 Å². The number of H-pyrrole nitrogens is 1. The molecule has 7 atom stereocenters. The number of phenols is 1. The Morgan fingerprint density at radius 1 is 0.662 bits per heavy atom. The number of aromatic nitrogens is 1. The smallest absolute Gasteiger partial charge is 0.490 e. The summed E-state index contributed by atoms with van der Waals surface area (Å²) in [5, 5.41) is 34.8. The number of aromatic amines is 1. The van der Waals surface area contributed by atoms with Gasteiger partial charge < -0.3 is 68.2 Å². The molecule has 24 heteroatoms. The zero-order valence-electron chi connectivity index (χ0n) is 41.6. The number of hydrogen-bond acceptors (Lipinski definition) is 12. The summed E-state index contributed by atoms with van der Waals surface area (Å²) in [4.78, 5) is 115. The number of alkyl carbamates (subject to hydrolysis) is 1. The van der Waals surface area contributed by atoms with Crippen LogP contribution in [0.25, 0.3) is 10.9 Å². The fourth-order valence-electron chi connectivity index (χ4n) is 8.82. The molecule has 0 aliphatic carbocycles. The molecule has 2 aliphatic rings. The lowest BCUT2D eigenvalue weighted by Crippen LogP contribution is -2.61. The van der Waals surface area contributed by atoms with Gasteiger partial charge in [-0.1, -0.05) is 91.0 Å². The van der Waals surface area contributed by atoms with Crippen molar-refractivity contribution in [3.8, 4) is 5.75 Å². The zero-order chi connectivity index (χ0) is 55.6. The standard InChI is InChI=1S/C51H60N10O9.C2HF3O2/c52-22-10-9-17-39-45(63)57-40(25-32-18-20-35(62)21-19-32)46(64)59-42(26-31-11-3-1-4-12-31)50(68)61-30-36(70-51(69)54-24-23-53)28-43(61)48(66)60-44(33-13-5-2-6-14-33)49(67)58-41(47(65)56-39)27-34-29-55-38-16-8-7-15-37(34)38;3-2(4,5)1(6)7/h1-8,11-16,18-21,29,36,39-44,55,62H,9-10,17,22-28,30,52-53H2,(H,54,69)(H,56,65)(H,57,63)(H,58,67)(H,59,64)(H,60,66);(H,6,7)/t36?,39-,40-,41+,42-,43-,44-;/m0./s1. The van der Waals surface area contributed by atoms with Crippen molar-refractivity contribution in [3.63, 3.8) is 0 Å². The van der Waals surface area contributed by atoms with Gasteiger partial charge in [0.15, 0.2) is 0 Å². The number of ether oxygens (including phenoxy) is 1. The molecule has 1 unspecified atom stereocenters. The molecule has 2 aliphatic heterocycles. The summed E-state index contributed by atoms with van der Waals surface area (Å²) in [5.74, 6) is -7.20. The molecule has 2 saturated heterocycles. The van der Waals surface area contributed by atoms with Crippen LogP contribution in [0.1, 0.15) is 54.0 Å². The van der Waals surface area contributed by atoms with Crippen LogP contribution in [0.3, 0.4) is 0 Å². The van der Waals surface area contributed by atoms with Crippen LogP contribution in [0.15, 0.2) is 115 Å². The SMILES string of the molecule is NCCCC[C@@H]1NC(=O)[C@@H](Cc2c[nH]c3ccccc23)NC(=O)[C@H](c2ccccc2)NC(=O)[C@@H]2CC(OC(=O)NCCN)CN2C(=O)[C@H](Cc2ccccc2)NC(=O)[C@H](Cc2ccc(O)cc2)NC1=O.O=C(O)C(F)(F)F. The molecule has 7 amide bonds. The monoisotopic (exact) mass is 1070 g/mol. The highest BCUT2D eigenvalue weighted by Crippen LogP contribution is 2.26. The Hall–Kier alpha value is -8.51. The second kappa shape index (κ2) is 27.3. The van der Waals surface area contributed by atoms with Crippen molar-refractivity contribution in [1.29, 1.82) is 0 Å². The molecule has 0 radical (unpaired) electrons. The van der Waals surface area contributed by atoms with E-state index in [1.54, 1.807) is 79.0 Å². The van der Waals surface area contributed by atoms with Crippen molar-refractivity contribution in [1.82, 2.24) is 41.8 Å². The first-order chi connectivity index (χ1) is 36.8. The lowest BCUT2D eigenvalue weighted by molar-refractivity contribution is -0.192. The molecule has 13 N–H and O–H groups in total. The average molecular weight is 1070 g/mol. The van der Waals surface area contributed by atoms with Gasteiger partial charge in [0.2, 0.25) is 35.4 Å². The number of halogens is 3. The number of fused-ring (bicyclic) bond motifs is 2. The van der Waals surface area contributed by atoms with Crippen molar-refractivity contribution < 1.29 is 66.5 Å².